The lowest BCUT2D eigenvalue weighted by Crippen LogP contribution is -2.38. The number of hydrogen-bond acceptors (Lipinski definition) is 7. The van der Waals surface area contributed by atoms with Crippen LogP contribution in [0.5, 0.6) is 5.75 Å². The van der Waals surface area contributed by atoms with Crippen molar-refractivity contribution in [3.8, 4) is 17.0 Å². The van der Waals surface area contributed by atoms with E-state index in [2.05, 4.69) is 20.3 Å². The monoisotopic (exact) mass is 398 g/mol. The van der Waals surface area contributed by atoms with Gasteiger partial charge in [-0.05, 0) is 38.1 Å². The lowest BCUT2D eigenvalue weighted by Gasteiger charge is -2.34. The summed E-state index contributed by atoms with van der Waals surface area (Å²) in [5.41, 5.74) is 6.99. The summed E-state index contributed by atoms with van der Waals surface area (Å²) in [6.45, 7) is 5.03. The molecule has 3 aromatic rings. The van der Waals surface area contributed by atoms with Gasteiger partial charge >= 0.3 is 0 Å². The van der Waals surface area contributed by atoms with Crippen molar-refractivity contribution in [2.75, 3.05) is 29.1 Å². The van der Waals surface area contributed by atoms with Crippen molar-refractivity contribution in [2.45, 2.75) is 19.9 Å². The fourth-order valence-electron chi connectivity index (χ4n) is 3.20. The third-order valence-corrected chi connectivity index (χ3v) is 4.58. The van der Waals surface area contributed by atoms with Crippen molar-refractivity contribution >= 4 is 23.1 Å². The zero-order chi connectivity index (χ0) is 20.5. The number of ether oxygens (including phenoxy) is 1. The van der Waals surface area contributed by atoms with Crippen LogP contribution in [0.15, 0.2) is 36.7 Å². The average molecular weight is 398 g/mol. The molecule has 150 valence electrons. The van der Waals surface area contributed by atoms with Gasteiger partial charge in [0.2, 0.25) is 5.95 Å². The third-order valence-electron chi connectivity index (χ3n) is 4.58. The average Bonchev–Trinajstić information content (AvgIpc) is 2.70. The topological polar surface area (TPSA) is 89.2 Å². The van der Waals surface area contributed by atoms with Gasteiger partial charge in [0.25, 0.3) is 0 Å². The highest BCUT2D eigenvalue weighted by atomic mass is 19.1. The summed E-state index contributed by atoms with van der Waals surface area (Å²) in [7, 11) is 0. The zero-order valence-electron chi connectivity index (χ0n) is 16.0. The quantitative estimate of drug-likeness (QED) is 0.692. The van der Waals surface area contributed by atoms with Crippen LogP contribution in [0.4, 0.5) is 31.9 Å². The van der Waals surface area contributed by atoms with Crippen LogP contribution in [0.25, 0.3) is 11.3 Å². The molecule has 3 heterocycles. The Labute approximate surface area is 166 Å². The molecule has 0 saturated carbocycles. The first-order valence-corrected chi connectivity index (χ1v) is 9.17. The normalized spacial score (nSPS) is 13.2. The molecular formula is C20H20F2N6O. The van der Waals surface area contributed by atoms with Crippen molar-refractivity contribution in [3.05, 3.63) is 48.3 Å². The van der Waals surface area contributed by atoms with Crippen molar-refractivity contribution in [1.82, 2.24) is 15.0 Å². The minimum atomic E-state index is -0.659. The number of fused-ring (bicyclic) bond motifs is 1. The number of nitrogens with zero attached hydrogens (tertiary/aromatic N) is 4. The first-order chi connectivity index (χ1) is 13.9. The van der Waals surface area contributed by atoms with Gasteiger partial charge in [0.05, 0.1) is 30.3 Å². The van der Waals surface area contributed by atoms with Gasteiger partial charge in [0, 0.05) is 11.6 Å². The van der Waals surface area contributed by atoms with Crippen LogP contribution in [0.1, 0.15) is 13.8 Å². The molecule has 0 saturated heterocycles. The minimum Gasteiger partial charge on any atom is -0.486 e. The first kappa shape index (κ1) is 18.9. The molecule has 0 fully saturated rings. The van der Waals surface area contributed by atoms with Crippen LogP contribution in [0, 0.1) is 11.6 Å². The van der Waals surface area contributed by atoms with Crippen molar-refractivity contribution < 1.29 is 13.5 Å². The van der Waals surface area contributed by atoms with Gasteiger partial charge in [-0.1, -0.05) is 0 Å². The van der Waals surface area contributed by atoms with Crippen molar-refractivity contribution in [3.63, 3.8) is 0 Å². The van der Waals surface area contributed by atoms with Crippen LogP contribution in [-0.2, 0) is 0 Å². The maximum atomic E-state index is 14.7. The van der Waals surface area contributed by atoms with E-state index in [4.69, 9.17) is 10.5 Å². The van der Waals surface area contributed by atoms with E-state index in [1.807, 2.05) is 18.7 Å². The highest BCUT2D eigenvalue weighted by molar-refractivity contribution is 5.73. The molecule has 0 atom stereocenters. The Kier molecular flexibility index (Phi) is 4.87. The van der Waals surface area contributed by atoms with Gasteiger partial charge in [-0.2, -0.15) is 0 Å². The fourth-order valence-corrected chi connectivity index (χ4v) is 3.20. The molecule has 1 aromatic carbocycles. The summed E-state index contributed by atoms with van der Waals surface area (Å²) in [5.74, 6) is -0.460. The minimum absolute atomic E-state index is 0.0195. The first-order valence-electron chi connectivity index (χ1n) is 9.17. The highest BCUT2D eigenvalue weighted by Gasteiger charge is 2.25. The third kappa shape index (κ3) is 3.75. The van der Waals surface area contributed by atoms with Gasteiger partial charge in [-0.3, -0.25) is 0 Å². The van der Waals surface area contributed by atoms with Crippen LogP contribution in [0.2, 0.25) is 0 Å². The molecule has 9 heteroatoms. The molecular weight excluding hydrogens is 378 g/mol. The van der Waals surface area contributed by atoms with Crippen LogP contribution in [0.3, 0.4) is 0 Å². The number of hydrogen-bond donors (Lipinski definition) is 2. The Morgan fingerprint density at radius 3 is 2.69 bits per heavy atom. The molecule has 29 heavy (non-hydrogen) atoms. The van der Waals surface area contributed by atoms with Crippen LogP contribution >= 0.6 is 0 Å². The van der Waals surface area contributed by atoms with E-state index in [1.165, 1.54) is 12.3 Å². The number of rotatable bonds is 4. The number of pyridine rings is 1. The Hall–Kier alpha value is -3.49. The second-order valence-corrected chi connectivity index (χ2v) is 6.93. The van der Waals surface area contributed by atoms with Gasteiger partial charge in [-0.25, -0.2) is 23.7 Å². The molecule has 0 spiro atoms. The predicted molar refractivity (Wildman–Crippen MR) is 107 cm³/mol. The van der Waals surface area contributed by atoms with E-state index in [9.17, 15) is 8.78 Å². The van der Waals surface area contributed by atoms with E-state index >= 15 is 0 Å². The summed E-state index contributed by atoms with van der Waals surface area (Å²) in [4.78, 5) is 14.3. The number of anilines is 4. The molecule has 3 N–H and O–H groups in total. The van der Waals surface area contributed by atoms with E-state index < -0.39 is 11.6 Å². The summed E-state index contributed by atoms with van der Waals surface area (Å²) in [5, 5.41) is 2.89. The van der Waals surface area contributed by atoms with Gasteiger partial charge in [-0.15, -0.1) is 0 Å². The van der Waals surface area contributed by atoms with Crippen molar-refractivity contribution in [2.24, 2.45) is 0 Å². The van der Waals surface area contributed by atoms with E-state index in [1.54, 1.807) is 18.2 Å². The summed E-state index contributed by atoms with van der Waals surface area (Å²) >= 11 is 0. The molecule has 0 aliphatic carbocycles. The van der Waals surface area contributed by atoms with Crippen LogP contribution in [-0.4, -0.2) is 34.1 Å². The largest absolute Gasteiger partial charge is 0.486 e. The Morgan fingerprint density at radius 1 is 1.14 bits per heavy atom. The Bertz CT molecular complexity index is 1040. The molecule has 0 amide bonds. The van der Waals surface area contributed by atoms with Gasteiger partial charge in [0.1, 0.15) is 18.1 Å². The maximum Gasteiger partial charge on any atom is 0.229 e. The fraction of sp³-hybridized carbons (Fsp3) is 0.250. The zero-order valence-corrected chi connectivity index (χ0v) is 16.0. The number of nitrogens with one attached hydrogen (secondary N) is 1. The number of halogens is 2. The number of nitrogen functional groups attached to an aromatic ring is 1. The number of benzene rings is 1. The predicted octanol–water partition coefficient (Wildman–Crippen LogP) is 3.75. The molecule has 4 rings (SSSR count). The van der Waals surface area contributed by atoms with E-state index in [0.717, 1.165) is 6.20 Å². The highest BCUT2D eigenvalue weighted by Crippen LogP contribution is 2.39. The standard InChI is InChI=1S/C20H20F2N6O/c1-11(2)28-5-6-29-19-14(21)7-12(8-16(19)28)18-15(22)10-25-20(27-18)26-17-4-3-13(23)9-24-17/h3-4,7-11H,5-6,23H2,1-2H3,(H,24,25,26,27). The molecule has 1 aliphatic heterocycles. The van der Waals surface area contributed by atoms with Gasteiger partial charge < -0.3 is 20.7 Å². The SMILES string of the molecule is CC(C)N1CCOc2c(F)cc(-c3nc(Nc4ccc(N)cn4)ncc3F)cc21. The maximum absolute atomic E-state index is 14.7. The smallest absolute Gasteiger partial charge is 0.229 e. The lowest BCUT2D eigenvalue weighted by molar-refractivity contribution is 0.287. The molecule has 7 nitrogen and oxygen atoms in total. The van der Waals surface area contributed by atoms with E-state index in [0.29, 0.717) is 35.9 Å². The molecule has 1 aliphatic rings. The summed E-state index contributed by atoms with van der Waals surface area (Å²) in [6.07, 6.45) is 2.52. The van der Waals surface area contributed by atoms with Crippen molar-refractivity contribution in [1.29, 1.82) is 0 Å². The Morgan fingerprint density at radius 2 is 1.97 bits per heavy atom. The number of nitrogens with two attached hydrogens (primary N) is 1. The lowest BCUT2D eigenvalue weighted by atomic mass is 10.1. The second kappa shape index (κ2) is 7.50. The molecule has 0 radical (unpaired) electrons. The number of aromatic nitrogens is 3. The molecule has 2 aromatic heterocycles. The molecule has 0 unspecified atom stereocenters. The molecule has 0 bridgehead atoms. The second-order valence-electron chi connectivity index (χ2n) is 6.93. The Balaban J connectivity index is 1.73. The van der Waals surface area contributed by atoms with E-state index in [-0.39, 0.29) is 23.4 Å². The van der Waals surface area contributed by atoms with Gasteiger partial charge in [0.15, 0.2) is 17.4 Å². The van der Waals surface area contributed by atoms with Crippen LogP contribution < -0.4 is 20.7 Å². The summed E-state index contributed by atoms with van der Waals surface area (Å²) < 4.78 is 34.7. The summed E-state index contributed by atoms with van der Waals surface area (Å²) in [6, 6.07) is 6.36.